The fourth-order valence-corrected chi connectivity index (χ4v) is 0.388. The number of aromatic nitrogens is 1. The fraction of sp³-hybridized carbons (Fsp3) is 0. The number of nitrogens with zero attached hydrogens (tertiary/aromatic N) is 1. The summed E-state index contributed by atoms with van der Waals surface area (Å²) < 4.78 is 0. The topological polar surface area (TPSA) is 53.4 Å². The van der Waals surface area contributed by atoms with Crippen LogP contribution in [0.4, 0.5) is 0 Å². The van der Waals surface area contributed by atoms with Gasteiger partial charge in [-0.15, -0.1) is 0 Å². The molecule has 2 N–H and O–H groups in total. The van der Waals surface area contributed by atoms with Gasteiger partial charge in [-0.3, -0.25) is 0 Å². The molecule has 1 heterocycles. The first kappa shape index (κ1) is 8.75. The van der Waals surface area contributed by atoms with Crippen LogP contribution in [0.25, 0.3) is 0 Å². The molecular formula is C5H6NNaO2. The zero-order valence-corrected chi connectivity index (χ0v) is 4.07. The minimum atomic E-state index is -0.326. The van der Waals surface area contributed by atoms with Gasteiger partial charge < -0.3 is 10.2 Å². The second-order valence-corrected chi connectivity index (χ2v) is 1.35. The molecule has 0 aliphatic heterocycles. The molecular weight excluding hydrogens is 129 g/mol. The van der Waals surface area contributed by atoms with Gasteiger partial charge in [0.2, 0.25) is 0 Å². The first-order valence-electron chi connectivity index (χ1n) is 2.13. The van der Waals surface area contributed by atoms with Crippen molar-refractivity contribution in [2.45, 2.75) is 0 Å². The van der Waals surface area contributed by atoms with Crippen LogP contribution in [-0.2, 0) is 0 Å². The molecule has 0 fully saturated rings. The average Bonchev–Trinajstić information content (AvgIpc) is 1.77. The Labute approximate surface area is 74.7 Å². The van der Waals surface area contributed by atoms with E-state index in [-0.39, 0.29) is 41.2 Å². The predicted molar refractivity (Wildman–Crippen MR) is 34.7 cm³/mol. The first-order chi connectivity index (χ1) is 3.80. The minimum absolute atomic E-state index is 0. The summed E-state index contributed by atoms with van der Waals surface area (Å²) in [6, 6.07) is 2.90. The summed E-state index contributed by atoms with van der Waals surface area (Å²) in [5.74, 6) is -0.514. The molecule has 0 amide bonds. The van der Waals surface area contributed by atoms with E-state index in [1.807, 2.05) is 0 Å². The molecule has 1 aromatic rings. The summed E-state index contributed by atoms with van der Waals surface area (Å²) in [5.41, 5.74) is 0. The fourth-order valence-electron chi connectivity index (χ4n) is 0.388. The summed E-state index contributed by atoms with van der Waals surface area (Å²) >= 11 is 0. The van der Waals surface area contributed by atoms with Crippen LogP contribution < -0.4 is 0 Å². The van der Waals surface area contributed by atoms with Crippen molar-refractivity contribution in [1.82, 2.24) is 4.98 Å². The average molecular weight is 135 g/mol. The van der Waals surface area contributed by atoms with Crippen molar-refractivity contribution in [2.24, 2.45) is 0 Å². The second kappa shape index (κ2) is 3.71. The van der Waals surface area contributed by atoms with Crippen molar-refractivity contribution in [3.63, 3.8) is 0 Å². The molecule has 0 bridgehead atoms. The Morgan fingerprint density at radius 2 is 2.00 bits per heavy atom. The van der Waals surface area contributed by atoms with E-state index in [1.165, 1.54) is 18.3 Å². The van der Waals surface area contributed by atoms with Crippen LogP contribution in [0.15, 0.2) is 18.3 Å². The van der Waals surface area contributed by atoms with Gasteiger partial charge in [0.15, 0.2) is 5.75 Å². The van der Waals surface area contributed by atoms with Gasteiger partial charge >= 0.3 is 29.6 Å². The van der Waals surface area contributed by atoms with Crippen molar-refractivity contribution in [2.75, 3.05) is 0 Å². The molecule has 1 aromatic heterocycles. The summed E-state index contributed by atoms with van der Waals surface area (Å²) in [6.45, 7) is 0. The van der Waals surface area contributed by atoms with Gasteiger partial charge in [-0.25, -0.2) is 4.98 Å². The Bertz CT molecular complexity index is 171. The van der Waals surface area contributed by atoms with E-state index in [0.717, 1.165) is 0 Å². The van der Waals surface area contributed by atoms with Crippen LogP contribution in [0, 0.1) is 0 Å². The normalized spacial score (nSPS) is 8.00. The predicted octanol–water partition coefficient (Wildman–Crippen LogP) is -0.156. The third-order valence-electron chi connectivity index (χ3n) is 0.766. The second-order valence-electron chi connectivity index (χ2n) is 1.35. The number of rotatable bonds is 0. The molecule has 0 saturated heterocycles. The van der Waals surface area contributed by atoms with E-state index in [9.17, 15) is 0 Å². The Kier molecular flexibility index (Phi) is 3.61. The number of aromatic hydroxyl groups is 2. The molecule has 0 aromatic carbocycles. The maximum absolute atomic E-state index is 8.61. The third-order valence-corrected chi connectivity index (χ3v) is 0.766. The van der Waals surface area contributed by atoms with Gasteiger partial charge in [0.25, 0.3) is 5.88 Å². The monoisotopic (exact) mass is 135 g/mol. The summed E-state index contributed by atoms with van der Waals surface area (Å²) in [5, 5.41) is 17.2. The van der Waals surface area contributed by atoms with E-state index in [4.69, 9.17) is 10.2 Å². The Morgan fingerprint density at radius 3 is 2.33 bits per heavy atom. The molecule has 44 valence electrons. The SMILES string of the molecule is Oc1cccnc1O.[NaH]. The van der Waals surface area contributed by atoms with E-state index >= 15 is 0 Å². The molecule has 0 spiro atoms. The van der Waals surface area contributed by atoms with Crippen molar-refractivity contribution >= 4 is 29.6 Å². The van der Waals surface area contributed by atoms with Crippen LogP contribution in [0.3, 0.4) is 0 Å². The molecule has 1 rings (SSSR count). The van der Waals surface area contributed by atoms with Gasteiger partial charge in [0.05, 0.1) is 0 Å². The molecule has 0 radical (unpaired) electrons. The van der Waals surface area contributed by atoms with Crippen LogP contribution in [0.5, 0.6) is 11.6 Å². The van der Waals surface area contributed by atoms with Crippen molar-refractivity contribution in [3.8, 4) is 11.6 Å². The van der Waals surface area contributed by atoms with Crippen molar-refractivity contribution < 1.29 is 10.2 Å². The number of pyridine rings is 1. The number of hydrogen-bond donors (Lipinski definition) is 2. The third kappa shape index (κ3) is 2.22. The van der Waals surface area contributed by atoms with Crippen LogP contribution in [0.2, 0.25) is 0 Å². The van der Waals surface area contributed by atoms with E-state index in [2.05, 4.69) is 4.98 Å². The Morgan fingerprint density at radius 1 is 1.33 bits per heavy atom. The molecule has 0 saturated carbocycles. The first-order valence-corrected chi connectivity index (χ1v) is 2.13. The summed E-state index contributed by atoms with van der Waals surface area (Å²) in [6.07, 6.45) is 1.40. The molecule has 0 aliphatic carbocycles. The quantitative estimate of drug-likeness (QED) is 0.486. The van der Waals surface area contributed by atoms with E-state index in [0.29, 0.717) is 0 Å². The molecule has 0 unspecified atom stereocenters. The van der Waals surface area contributed by atoms with Crippen molar-refractivity contribution in [1.29, 1.82) is 0 Å². The summed E-state index contributed by atoms with van der Waals surface area (Å²) in [4.78, 5) is 3.38. The van der Waals surface area contributed by atoms with E-state index < -0.39 is 0 Å². The van der Waals surface area contributed by atoms with E-state index in [1.54, 1.807) is 0 Å². The molecule has 9 heavy (non-hydrogen) atoms. The van der Waals surface area contributed by atoms with Gasteiger partial charge in [-0.1, -0.05) is 0 Å². The van der Waals surface area contributed by atoms with Crippen LogP contribution in [0.1, 0.15) is 0 Å². The standard InChI is InChI=1S/C5H5NO2.Na.H/c7-4-2-1-3-6-5(4)8;;/h1-3,7H,(H,6,8);;. The summed E-state index contributed by atoms with van der Waals surface area (Å²) in [7, 11) is 0. The Hall–Kier alpha value is -0.250. The zero-order chi connectivity index (χ0) is 5.98. The maximum atomic E-state index is 8.61. The zero-order valence-electron chi connectivity index (χ0n) is 4.07. The van der Waals surface area contributed by atoms with Gasteiger partial charge in [0, 0.05) is 6.20 Å². The van der Waals surface area contributed by atoms with Crippen molar-refractivity contribution in [3.05, 3.63) is 18.3 Å². The molecule has 3 nitrogen and oxygen atoms in total. The van der Waals surface area contributed by atoms with Gasteiger partial charge in [-0.05, 0) is 12.1 Å². The van der Waals surface area contributed by atoms with Crippen LogP contribution in [-0.4, -0.2) is 44.8 Å². The van der Waals surface area contributed by atoms with Gasteiger partial charge in [0.1, 0.15) is 0 Å². The van der Waals surface area contributed by atoms with Crippen LogP contribution >= 0.6 is 0 Å². The molecule has 0 atom stereocenters. The van der Waals surface area contributed by atoms with Gasteiger partial charge in [-0.2, -0.15) is 0 Å². The molecule has 0 aliphatic rings. The molecule has 4 heteroatoms. The number of hydrogen-bond acceptors (Lipinski definition) is 3. The Balaban J connectivity index is 0.000000640.